The second kappa shape index (κ2) is 2.59. The highest BCUT2D eigenvalue weighted by Crippen LogP contribution is 2.27. The first-order chi connectivity index (χ1) is 4.66. The summed E-state index contributed by atoms with van der Waals surface area (Å²) in [5.74, 6) is 0. The molecular formula is C8H14N2. The average Bonchev–Trinajstić information content (AvgIpc) is 1.88. The van der Waals surface area contributed by atoms with Crippen molar-refractivity contribution in [3.8, 4) is 6.07 Å². The minimum absolute atomic E-state index is 0.0764. The molecule has 0 aliphatic carbocycles. The van der Waals surface area contributed by atoms with E-state index in [1.165, 1.54) is 6.42 Å². The monoisotopic (exact) mass is 138 g/mol. The molecule has 2 nitrogen and oxygen atoms in total. The molecule has 0 saturated carbocycles. The average molecular weight is 138 g/mol. The maximum Gasteiger partial charge on any atom is 0.0700 e. The van der Waals surface area contributed by atoms with Gasteiger partial charge in [0.2, 0.25) is 0 Å². The van der Waals surface area contributed by atoms with Gasteiger partial charge in [-0.15, -0.1) is 0 Å². The lowest BCUT2D eigenvalue weighted by molar-refractivity contribution is 0.173. The van der Waals surface area contributed by atoms with Crippen LogP contribution in [0, 0.1) is 16.7 Å². The van der Waals surface area contributed by atoms with Gasteiger partial charge in [0.25, 0.3) is 0 Å². The third-order valence-electron chi connectivity index (χ3n) is 2.16. The lowest BCUT2D eigenvalue weighted by atomic mass is 9.84. The van der Waals surface area contributed by atoms with Gasteiger partial charge in [-0.1, -0.05) is 0 Å². The van der Waals surface area contributed by atoms with E-state index in [1.54, 1.807) is 0 Å². The molecule has 1 heterocycles. The summed E-state index contributed by atoms with van der Waals surface area (Å²) in [7, 11) is 2.08. The van der Waals surface area contributed by atoms with Gasteiger partial charge in [0.15, 0.2) is 0 Å². The summed E-state index contributed by atoms with van der Waals surface area (Å²) in [5.41, 5.74) is -0.0764. The third-order valence-corrected chi connectivity index (χ3v) is 2.16. The van der Waals surface area contributed by atoms with Crippen LogP contribution in [0.5, 0.6) is 0 Å². The number of hydrogen-bond donors (Lipinski definition) is 0. The molecule has 1 saturated heterocycles. The molecule has 0 radical (unpaired) electrons. The Morgan fingerprint density at radius 2 is 2.30 bits per heavy atom. The van der Waals surface area contributed by atoms with Crippen LogP contribution in [0.25, 0.3) is 0 Å². The van der Waals surface area contributed by atoms with E-state index in [0.717, 1.165) is 19.5 Å². The topological polar surface area (TPSA) is 27.0 Å². The molecule has 0 N–H and O–H groups in total. The maximum atomic E-state index is 8.79. The van der Waals surface area contributed by atoms with E-state index in [9.17, 15) is 0 Å². The summed E-state index contributed by atoms with van der Waals surface area (Å²) >= 11 is 0. The van der Waals surface area contributed by atoms with Crippen LogP contribution in [-0.2, 0) is 0 Å². The van der Waals surface area contributed by atoms with Gasteiger partial charge < -0.3 is 4.90 Å². The molecule has 0 amide bonds. The number of nitrogens with zero attached hydrogens (tertiary/aromatic N) is 2. The number of likely N-dealkylation sites (tertiary alicyclic amines) is 1. The second-order valence-electron chi connectivity index (χ2n) is 3.51. The third kappa shape index (κ3) is 1.48. The first-order valence-electron chi connectivity index (χ1n) is 3.76. The summed E-state index contributed by atoms with van der Waals surface area (Å²) in [6.07, 6.45) is 2.23. The normalized spacial score (nSPS) is 35.3. The molecule has 1 aliphatic rings. The lowest BCUT2D eigenvalue weighted by Gasteiger charge is -2.33. The van der Waals surface area contributed by atoms with Crippen molar-refractivity contribution in [2.75, 3.05) is 20.1 Å². The summed E-state index contributed by atoms with van der Waals surface area (Å²) in [4.78, 5) is 2.23. The fourth-order valence-electron chi connectivity index (χ4n) is 1.58. The zero-order valence-electron chi connectivity index (χ0n) is 6.72. The van der Waals surface area contributed by atoms with Crippen molar-refractivity contribution < 1.29 is 0 Å². The van der Waals surface area contributed by atoms with Crippen molar-refractivity contribution in [2.24, 2.45) is 5.41 Å². The fraction of sp³-hybridized carbons (Fsp3) is 0.875. The highest BCUT2D eigenvalue weighted by molar-refractivity contribution is 4.99. The first-order valence-corrected chi connectivity index (χ1v) is 3.76. The zero-order valence-corrected chi connectivity index (χ0v) is 6.72. The quantitative estimate of drug-likeness (QED) is 0.503. The van der Waals surface area contributed by atoms with Crippen LogP contribution >= 0.6 is 0 Å². The van der Waals surface area contributed by atoms with E-state index < -0.39 is 0 Å². The molecule has 2 heteroatoms. The van der Waals surface area contributed by atoms with Gasteiger partial charge >= 0.3 is 0 Å². The molecule has 10 heavy (non-hydrogen) atoms. The summed E-state index contributed by atoms with van der Waals surface area (Å²) in [6, 6.07) is 2.37. The standard InChI is InChI=1S/C8H14N2/c1-8(6-9)4-3-5-10(2)7-8/h3-5,7H2,1-2H3. The summed E-state index contributed by atoms with van der Waals surface area (Å²) < 4.78 is 0. The Labute approximate surface area is 62.4 Å². The fourth-order valence-corrected chi connectivity index (χ4v) is 1.58. The Morgan fingerprint density at radius 1 is 1.60 bits per heavy atom. The van der Waals surface area contributed by atoms with Crippen LogP contribution < -0.4 is 0 Å². The van der Waals surface area contributed by atoms with Crippen LogP contribution in [-0.4, -0.2) is 25.0 Å². The molecule has 1 unspecified atom stereocenters. The Bertz CT molecular complexity index is 159. The second-order valence-corrected chi connectivity index (χ2v) is 3.51. The van der Waals surface area contributed by atoms with Crippen molar-refractivity contribution in [1.29, 1.82) is 5.26 Å². The smallest absolute Gasteiger partial charge is 0.0700 e. The first kappa shape index (κ1) is 7.56. The van der Waals surface area contributed by atoms with Crippen LogP contribution in [0.1, 0.15) is 19.8 Å². The number of piperidine rings is 1. The number of rotatable bonds is 0. The van der Waals surface area contributed by atoms with E-state index in [4.69, 9.17) is 5.26 Å². The van der Waals surface area contributed by atoms with Gasteiger partial charge in [-0.05, 0) is 33.4 Å². The number of nitriles is 1. The van der Waals surface area contributed by atoms with E-state index >= 15 is 0 Å². The van der Waals surface area contributed by atoms with Crippen molar-refractivity contribution in [2.45, 2.75) is 19.8 Å². The Kier molecular flexibility index (Phi) is 1.96. The Balaban J connectivity index is 2.56. The lowest BCUT2D eigenvalue weighted by Crippen LogP contribution is -2.38. The van der Waals surface area contributed by atoms with Gasteiger partial charge in [-0.2, -0.15) is 5.26 Å². The molecule has 1 fully saturated rings. The summed E-state index contributed by atoms with van der Waals surface area (Å²) in [6.45, 7) is 4.13. The minimum Gasteiger partial charge on any atom is -0.305 e. The van der Waals surface area contributed by atoms with Crippen molar-refractivity contribution in [1.82, 2.24) is 4.90 Å². The molecule has 56 valence electrons. The van der Waals surface area contributed by atoms with Crippen LogP contribution in [0.15, 0.2) is 0 Å². The maximum absolute atomic E-state index is 8.79. The van der Waals surface area contributed by atoms with Gasteiger partial charge in [0, 0.05) is 6.54 Å². The van der Waals surface area contributed by atoms with Crippen molar-refractivity contribution in [3.63, 3.8) is 0 Å². The molecule has 1 atom stereocenters. The molecule has 0 spiro atoms. The highest BCUT2D eigenvalue weighted by Gasteiger charge is 2.28. The summed E-state index contributed by atoms with van der Waals surface area (Å²) in [5, 5.41) is 8.79. The molecule has 1 aliphatic heterocycles. The largest absolute Gasteiger partial charge is 0.305 e. The zero-order chi connectivity index (χ0) is 7.61. The van der Waals surface area contributed by atoms with Crippen LogP contribution in [0.4, 0.5) is 0 Å². The van der Waals surface area contributed by atoms with Crippen molar-refractivity contribution in [3.05, 3.63) is 0 Å². The molecule has 0 aromatic rings. The van der Waals surface area contributed by atoms with Crippen LogP contribution in [0.3, 0.4) is 0 Å². The SMILES string of the molecule is CN1CCCC(C)(C#N)C1. The molecule has 0 bridgehead atoms. The van der Waals surface area contributed by atoms with E-state index in [2.05, 4.69) is 18.0 Å². The molecule has 0 aromatic heterocycles. The molecule has 1 rings (SSSR count). The Morgan fingerprint density at radius 3 is 2.70 bits per heavy atom. The van der Waals surface area contributed by atoms with E-state index in [0.29, 0.717) is 0 Å². The Hall–Kier alpha value is -0.550. The van der Waals surface area contributed by atoms with Crippen molar-refractivity contribution >= 4 is 0 Å². The van der Waals surface area contributed by atoms with Gasteiger partial charge in [-0.25, -0.2) is 0 Å². The van der Waals surface area contributed by atoms with Crippen LogP contribution in [0.2, 0.25) is 0 Å². The number of hydrogen-bond acceptors (Lipinski definition) is 2. The predicted octanol–water partition coefficient (Wildman–Crippen LogP) is 1.24. The van der Waals surface area contributed by atoms with Gasteiger partial charge in [-0.3, -0.25) is 0 Å². The van der Waals surface area contributed by atoms with Gasteiger partial charge in [0.1, 0.15) is 0 Å². The van der Waals surface area contributed by atoms with Gasteiger partial charge in [0.05, 0.1) is 11.5 Å². The molecule has 0 aromatic carbocycles. The minimum atomic E-state index is -0.0764. The highest BCUT2D eigenvalue weighted by atomic mass is 15.1. The predicted molar refractivity (Wildman–Crippen MR) is 40.5 cm³/mol. The molecular weight excluding hydrogens is 124 g/mol. The van der Waals surface area contributed by atoms with E-state index in [1.807, 2.05) is 6.92 Å². The van der Waals surface area contributed by atoms with E-state index in [-0.39, 0.29) is 5.41 Å².